The molecule has 0 radical (unpaired) electrons. The zero-order valence-corrected chi connectivity index (χ0v) is 12.7. The molecular weight excluding hydrogens is 288 g/mol. The Labute approximate surface area is 127 Å². The third-order valence-corrected chi connectivity index (χ3v) is 4.52. The van der Waals surface area contributed by atoms with Crippen molar-refractivity contribution in [1.29, 1.82) is 0 Å². The van der Waals surface area contributed by atoms with Crippen LogP contribution in [0, 0.1) is 6.92 Å². The van der Waals surface area contributed by atoms with E-state index in [-0.39, 0.29) is 11.9 Å². The first kappa shape index (κ1) is 14.2. The normalized spacial score (nSPS) is 19.8. The molecule has 6 nitrogen and oxygen atoms in total. The molecule has 0 aromatic carbocycles. The number of piperazine rings is 1. The number of oxazole rings is 1. The molecule has 3 rings (SSSR count). The third kappa shape index (κ3) is 2.99. The van der Waals surface area contributed by atoms with E-state index in [0.717, 1.165) is 29.4 Å². The van der Waals surface area contributed by atoms with Crippen molar-refractivity contribution in [2.24, 2.45) is 5.73 Å². The van der Waals surface area contributed by atoms with Crippen LogP contribution in [0.2, 0.25) is 0 Å². The minimum atomic E-state index is -0.304. The molecule has 0 bridgehead atoms. The molecule has 1 atom stereocenters. The van der Waals surface area contributed by atoms with Crippen LogP contribution in [0.1, 0.15) is 11.5 Å². The van der Waals surface area contributed by atoms with E-state index in [1.807, 2.05) is 24.4 Å². The number of carbonyl (C=O) groups excluding carboxylic acids is 1. The molecule has 1 saturated heterocycles. The number of amides is 1. The largest absolute Gasteiger partial charge is 0.440 e. The van der Waals surface area contributed by atoms with Crippen molar-refractivity contribution < 1.29 is 9.21 Å². The summed E-state index contributed by atoms with van der Waals surface area (Å²) in [7, 11) is 0. The minimum absolute atomic E-state index is 0.292. The van der Waals surface area contributed by atoms with Gasteiger partial charge in [-0.25, -0.2) is 4.98 Å². The van der Waals surface area contributed by atoms with E-state index in [1.54, 1.807) is 11.3 Å². The van der Waals surface area contributed by atoms with Crippen molar-refractivity contribution in [2.45, 2.75) is 19.5 Å². The van der Waals surface area contributed by atoms with Gasteiger partial charge in [0.15, 0.2) is 0 Å². The van der Waals surface area contributed by atoms with Crippen molar-refractivity contribution in [3.8, 4) is 10.8 Å². The molecule has 112 valence electrons. The summed E-state index contributed by atoms with van der Waals surface area (Å²) in [5, 5.41) is 5.18. The Morgan fingerprint density at radius 3 is 3.24 bits per heavy atom. The smallest absolute Gasteiger partial charge is 0.236 e. The Bertz CT molecular complexity index is 623. The number of hydrogen-bond donors (Lipinski definition) is 2. The first-order valence-electron chi connectivity index (χ1n) is 6.89. The van der Waals surface area contributed by atoms with Crippen molar-refractivity contribution in [2.75, 3.05) is 19.6 Å². The van der Waals surface area contributed by atoms with Gasteiger partial charge in [-0.15, -0.1) is 11.3 Å². The van der Waals surface area contributed by atoms with E-state index < -0.39 is 0 Å². The Balaban J connectivity index is 1.79. The topological polar surface area (TPSA) is 84.4 Å². The standard InChI is InChI=1S/C14H18N4O2S/c1-9-10(17-14(20-9)12-3-2-6-21-12)8-18-5-4-16-7-11(18)13(15)19/h2-3,6,11,16H,4-5,7-8H2,1H3,(H2,15,19). The number of aromatic nitrogens is 1. The highest BCUT2D eigenvalue weighted by Gasteiger charge is 2.28. The molecule has 0 saturated carbocycles. The Kier molecular flexibility index (Phi) is 4.05. The van der Waals surface area contributed by atoms with E-state index in [4.69, 9.17) is 10.2 Å². The fourth-order valence-electron chi connectivity index (χ4n) is 2.49. The number of aryl methyl sites for hydroxylation is 1. The summed E-state index contributed by atoms with van der Waals surface area (Å²) < 4.78 is 5.74. The highest BCUT2D eigenvalue weighted by molar-refractivity contribution is 7.13. The van der Waals surface area contributed by atoms with Crippen LogP contribution in [0.3, 0.4) is 0 Å². The number of carbonyl (C=O) groups is 1. The number of rotatable bonds is 4. The summed E-state index contributed by atoms with van der Waals surface area (Å²) in [5.74, 6) is 1.13. The fourth-order valence-corrected chi connectivity index (χ4v) is 3.14. The van der Waals surface area contributed by atoms with Gasteiger partial charge in [-0.05, 0) is 18.4 Å². The van der Waals surface area contributed by atoms with E-state index >= 15 is 0 Å². The molecule has 1 fully saturated rings. The van der Waals surface area contributed by atoms with Gasteiger partial charge in [-0.3, -0.25) is 9.69 Å². The van der Waals surface area contributed by atoms with E-state index in [9.17, 15) is 4.79 Å². The average Bonchev–Trinajstić information content (AvgIpc) is 3.10. The second-order valence-corrected chi connectivity index (χ2v) is 6.04. The SMILES string of the molecule is Cc1oc(-c2cccs2)nc1CN1CCNCC1C(N)=O. The first-order chi connectivity index (χ1) is 10.1. The molecule has 7 heteroatoms. The lowest BCUT2D eigenvalue weighted by atomic mass is 10.1. The maximum Gasteiger partial charge on any atom is 0.236 e. The van der Waals surface area contributed by atoms with Crippen LogP contribution < -0.4 is 11.1 Å². The molecule has 1 unspecified atom stereocenters. The number of hydrogen-bond acceptors (Lipinski definition) is 6. The summed E-state index contributed by atoms with van der Waals surface area (Å²) >= 11 is 1.60. The van der Waals surface area contributed by atoms with Crippen LogP contribution in [0.4, 0.5) is 0 Å². The van der Waals surface area contributed by atoms with Crippen LogP contribution in [-0.4, -0.2) is 41.5 Å². The van der Waals surface area contributed by atoms with Crippen LogP contribution in [0.25, 0.3) is 10.8 Å². The Morgan fingerprint density at radius 1 is 1.67 bits per heavy atom. The number of nitrogens with two attached hydrogens (primary N) is 1. The lowest BCUT2D eigenvalue weighted by Crippen LogP contribution is -2.56. The van der Waals surface area contributed by atoms with Crippen LogP contribution >= 0.6 is 11.3 Å². The van der Waals surface area contributed by atoms with Gasteiger partial charge in [-0.1, -0.05) is 6.07 Å². The van der Waals surface area contributed by atoms with Gasteiger partial charge in [0.05, 0.1) is 10.6 Å². The van der Waals surface area contributed by atoms with Gasteiger partial charge in [0.25, 0.3) is 0 Å². The lowest BCUT2D eigenvalue weighted by Gasteiger charge is -2.33. The summed E-state index contributed by atoms with van der Waals surface area (Å²) in [4.78, 5) is 19.2. The molecule has 0 aliphatic carbocycles. The van der Waals surface area contributed by atoms with Crippen molar-refractivity contribution in [1.82, 2.24) is 15.2 Å². The molecule has 21 heavy (non-hydrogen) atoms. The summed E-state index contributed by atoms with van der Waals surface area (Å²) in [6, 6.07) is 3.66. The number of primary amides is 1. The van der Waals surface area contributed by atoms with Gasteiger partial charge in [0.2, 0.25) is 11.8 Å². The zero-order valence-electron chi connectivity index (χ0n) is 11.8. The quantitative estimate of drug-likeness (QED) is 0.879. The highest BCUT2D eigenvalue weighted by Crippen LogP contribution is 2.26. The van der Waals surface area contributed by atoms with Crippen LogP contribution in [0.15, 0.2) is 21.9 Å². The molecule has 3 heterocycles. The van der Waals surface area contributed by atoms with Gasteiger partial charge in [0.1, 0.15) is 11.8 Å². The number of nitrogens with one attached hydrogen (secondary N) is 1. The highest BCUT2D eigenvalue weighted by atomic mass is 32.1. The van der Waals surface area contributed by atoms with E-state index in [1.165, 1.54) is 0 Å². The van der Waals surface area contributed by atoms with Gasteiger partial charge in [-0.2, -0.15) is 0 Å². The van der Waals surface area contributed by atoms with E-state index in [0.29, 0.717) is 19.0 Å². The maximum absolute atomic E-state index is 11.5. The van der Waals surface area contributed by atoms with Crippen LogP contribution in [0.5, 0.6) is 0 Å². The number of thiophene rings is 1. The zero-order chi connectivity index (χ0) is 14.8. The first-order valence-corrected chi connectivity index (χ1v) is 7.77. The molecule has 2 aromatic heterocycles. The van der Waals surface area contributed by atoms with Gasteiger partial charge >= 0.3 is 0 Å². The predicted octanol–water partition coefficient (Wildman–Crippen LogP) is 0.971. The van der Waals surface area contributed by atoms with Gasteiger partial charge in [0, 0.05) is 26.2 Å². The molecule has 0 spiro atoms. The molecule has 1 amide bonds. The average molecular weight is 306 g/mol. The number of nitrogens with zero attached hydrogens (tertiary/aromatic N) is 2. The molecule has 2 aromatic rings. The summed E-state index contributed by atoms with van der Waals surface area (Å²) in [6.07, 6.45) is 0. The predicted molar refractivity (Wildman–Crippen MR) is 80.8 cm³/mol. The summed E-state index contributed by atoms with van der Waals surface area (Å²) in [5.41, 5.74) is 6.34. The molecule has 1 aliphatic rings. The molecule has 1 aliphatic heterocycles. The maximum atomic E-state index is 11.5. The molecule has 3 N–H and O–H groups in total. The fraction of sp³-hybridized carbons (Fsp3) is 0.429. The lowest BCUT2D eigenvalue weighted by molar-refractivity contribution is -0.124. The molecular formula is C14H18N4O2S. The minimum Gasteiger partial charge on any atom is -0.440 e. The van der Waals surface area contributed by atoms with Crippen molar-refractivity contribution in [3.63, 3.8) is 0 Å². The monoisotopic (exact) mass is 306 g/mol. The Hall–Kier alpha value is -1.70. The second kappa shape index (κ2) is 5.97. The van der Waals surface area contributed by atoms with Crippen LogP contribution in [-0.2, 0) is 11.3 Å². The second-order valence-electron chi connectivity index (χ2n) is 5.09. The van der Waals surface area contributed by atoms with Gasteiger partial charge < -0.3 is 15.5 Å². The Morgan fingerprint density at radius 2 is 2.52 bits per heavy atom. The summed E-state index contributed by atoms with van der Waals surface area (Å²) in [6.45, 7) is 4.69. The van der Waals surface area contributed by atoms with E-state index in [2.05, 4.69) is 15.2 Å². The van der Waals surface area contributed by atoms with Crippen molar-refractivity contribution in [3.05, 3.63) is 29.0 Å². The van der Waals surface area contributed by atoms with Crippen molar-refractivity contribution >= 4 is 17.2 Å². The third-order valence-electron chi connectivity index (χ3n) is 3.66.